The van der Waals surface area contributed by atoms with Crippen molar-refractivity contribution in [1.82, 2.24) is 19.1 Å². The molecule has 136 valence electrons. The summed E-state index contributed by atoms with van der Waals surface area (Å²) in [6.45, 7) is 2.54. The van der Waals surface area contributed by atoms with Crippen molar-refractivity contribution in [3.05, 3.63) is 101 Å². The molecule has 5 rings (SSSR count). The van der Waals surface area contributed by atoms with Gasteiger partial charge in [-0.25, -0.2) is 9.97 Å². The molecule has 3 aromatic heterocycles. The molecule has 5 aromatic rings. The lowest BCUT2D eigenvalue weighted by Crippen LogP contribution is -2.22. The van der Waals surface area contributed by atoms with Crippen LogP contribution in [0.5, 0.6) is 0 Å². The van der Waals surface area contributed by atoms with Gasteiger partial charge in [0.2, 0.25) is 0 Å². The van der Waals surface area contributed by atoms with Crippen LogP contribution in [-0.4, -0.2) is 19.1 Å². The van der Waals surface area contributed by atoms with Crippen LogP contribution in [0.3, 0.4) is 0 Å². The zero-order valence-corrected chi connectivity index (χ0v) is 15.4. The van der Waals surface area contributed by atoms with Gasteiger partial charge in [-0.3, -0.25) is 9.36 Å². The fourth-order valence-corrected chi connectivity index (χ4v) is 3.71. The predicted molar refractivity (Wildman–Crippen MR) is 111 cm³/mol. The molecule has 0 spiro atoms. The summed E-state index contributed by atoms with van der Waals surface area (Å²) < 4.78 is 3.68. The lowest BCUT2D eigenvalue weighted by atomic mass is 10.2. The molecule has 0 N–H and O–H groups in total. The highest BCUT2D eigenvalue weighted by atomic mass is 16.1. The number of benzene rings is 2. The molecule has 28 heavy (non-hydrogen) atoms. The third kappa shape index (κ3) is 2.52. The van der Waals surface area contributed by atoms with Crippen LogP contribution < -0.4 is 5.56 Å². The minimum atomic E-state index is -0.107. The Morgan fingerprint density at radius 3 is 2.36 bits per heavy atom. The van der Waals surface area contributed by atoms with E-state index in [9.17, 15) is 4.79 Å². The van der Waals surface area contributed by atoms with E-state index in [-0.39, 0.29) is 5.56 Å². The molecule has 0 fully saturated rings. The summed E-state index contributed by atoms with van der Waals surface area (Å²) in [7, 11) is 0. The topological polar surface area (TPSA) is 52.7 Å². The summed E-state index contributed by atoms with van der Waals surface area (Å²) in [5.41, 5.74) is 3.74. The number of nitrogens with zero attached hydrogens (tertiary/aromatic N) is 4. The van der Waals surface area contributed by atoms with E-state index in [0.717, 1.165) is 22.5 Å². The summed E-state index contributed by atoms with van der Waals surface area (Å²) in [6.07, 6.45) is 1.71. The van der Waals surface area contributed by atoms with Crippen LogP contribution >= 0.6 is 0 Å². The van der Waals surface area contributed by atoms with Gasteiger partial charge >= 0.3 is 0 Å². The lowest BCUT2D eigenvalue weighted by Gasteiger charge is -2.12. The molecule has 3 heterocycles. The molecule has 0 saturated heterocycles. The van der Waals surface area contributed by atoms with Gasteiger partial charge in [0.15, 0.2) is 0 Å². The molecule has 0 aliphatic heterocycles. The van der Waals surface area contributed by atoms with Gasteiger partial charge in [-0.1, -0.05) is 48.5 Å². The zero-order chi connectivity index (χ0) is 19.1. The van der Waals surface area contributed by atoms with E-state index in [1.807, 2.05) is 72.2 Å². The number of fused-ring (bicyclic) bond motifs is 3. The van der Waals surface area contributed by atoms with E-state index in [1.165, 1.54) is 0 Å². The monoisotopic (exact) mass is 366 g/mol. The van der Waals surface area contributed by atoms with Crippen LogP contribution in [0.2, 0.25) is 0 Å². The number of pyridine rings is 2. The van der Waals surface area contributed by atoms with E-state index in [1.54, 1.807) is 10.8 Å². The van der Waals surface area contributed by atoms with Crippen molar-refractivity contribution < 1.29 is 0 Å². The maximum absolute atomic E-state index is 13.6. The van der Waals surface area contributed by atoms with E-state index < -0.39 is 0 Å². The minimum Gasteiger partial charge on any atom is -0.319 e. The Labute approximate surface area is 161 Å². The standard InChI is InChI=1S/C23H18N4O/c1-16-25-20-19-13-8-14-24-22(19)27(18-11-6-3-7-12-18)23(28)21(20)26(16)15-17-9-4-2-5-10-17/h2-14H,15H2,1H3. The van der Waals surface area contributed by atoms with E-state index in [2.05, 4.69) is 17.1 Å². The Hall–Kier alpha value is -3.73. The van der Waals surface area contributed by atoms with E-state index in [0.29, 0.717) is 23.2 Å². The molecule has 0 saturated carbocycles. The summed E-state index contributed by atoms with van der Waals surface area (Å²) in [6, 6.07) is 23.6. The van der Waals surface area contributed by atoms with Gasteiger partial charge in [-0.2, -0.15) is 0 Å². The maximum atomic E-state index is 13.6. The van der Waals surface area contributed by atoms with Gasteiger partial charge in [0.25, 0.3) is 5.56 Å². The molecular formula is C23H18N4O. The summed E-state index contributed by atoms with van der Waals surface area (Å²) in [5.74, 6) is 0.812. The minimum absolute atomic E-state index is 0.107. The van der Waals surface area contributed by atoms with Crippen molar-refractivity contribution in [2.75, 3.05) is 0 Å². The number of rotatable bonds is 3. The Morgan fingerprint density at radius 2 is 1.61 bits per heavy atom. The van der Waals surface area contributed by atoms with Crippen molar-refractivity contribution in [3.63, 3.8) is 0 Å². The van der Waals surface area contributed by atoms with Crippen molar-refractivity contribution in [1.29, 1.82) is 0 Å². The Kier molecular flexibility index (Phi) is 3.79. The van der Waals surface area contributed by atoms with Crippen molar-refractivity contribution >= 4 is 22.1 Å². The average molecular weight is 366 g/mol. The van der Waals surface area contributed by atoms with Crippen LogP contribution in [0, 0.1) is 6.92 Å². The van der Waals surface area contributed by atoms with E-state index in [4.69, 9.17) is 4.98 Å². The third-order valence-corrected chi connectivity index (χ3v) is 5.02. The second-order valence-electron chi connectivity index (χ2n) is 6.78. The summed E-state index contributed by atoms with van der Waals surface area (Å²) >= 11 is 0. The molecule has 0 aliphatic carbocycles. The van der Waals surface area contributed by atoms with Crippen LogP contribution in [0.25, 0.3) is 27.8 Å². The van der Waals surface area contributed by atoms with Gasteiger partial charge < -0.3 is 4.57 Å². The predicted octanol–water partition coefficient (Wildman–Crippen LogP) is 4.09. The van der Waals surface area contributed by atoms with Gasteiger partial charge in [-0.15, -0.1) is 0 Å². The Balaban J connectivity index is 1.89. The summed E-state index contributed by atoms with van der Waals surface area (Å²) in [4.78, 5) is 22.9. The fourth-order valence-electron chi connectivity index (χ4n) is 3.71. The van der Waals surface area contributed by atoms with Gasteiger partial charge in [0.1, 0.15) is 22.5 Å². The number of aromatic nitrogens is 4. The smallest absolute Gasteiger partial charge is 0.283 e. The average Bonchev–Trinajstić information content (AvgIpc) is 3.06. The second-order valence-corrected chi connectivity index (χ2v) is 6.78. The van der Waals surface area contributed by atoms with Crippen LogP contribution in [0.4, 0.5) is 0 Å². The molecule has 5 heteroatoms. The van der Waals surface area contributed by atoms with Gasteiger partial charge in [-0.05, 0) is 36.8 Å². The molecule has 2 aromatic carbocycles. The maximum Gasteiger partial charge on any atom is 0.283 e. The highest BCUT2D eigenvalue weighted by Gasteiger charge is 2.19. The molecule has 0 aliphatic rings. The number of para-hydroxylation sites is 1. The Bertz CT molecular complexity index is 1350. The third-order valence-electron chi connectivity index (χ3n) is 5.02. The van der Waals surface area contributed by atoms with Crippen molar-refractivity contribution in [3.8, 4) is 5.69 Å². The van der Waals surface area contributed by atoms with Crippen molar-refractivity contribution in [2.45, 2.75) is 13.5 Å². The molecule has 0 radical (unpaired) electrons. The molecule has 0 bridgehead atoms. The second kappa shape index (κ2) is 6.46. The first kappa shape index (κ1) is 16.4. The molecular weight excluding hydrogens is 348 g/mol. The Morgan fingerprint density at radius 1 is 0.893 bits per heavy atom. The number of hydrogen-bond acceptors (Lipinski definition) is 3. The first-order valence-corrected chi connectivity index (χ1v) is 9.20. The van der Waals surface area contributed by atoms with E-state index >= 15 is 0 Å². The normalized spacial score (nSPS) is 11.3. The number of aryl methyl sites for hydroxylation is 1. The fraction of sp³-hybridized carbons (Fsp3) is 0.0870. The first-order chi connectivity index (χ1) is 13.7. The zero-order valence-electron chi connectivity index (χ0n) is 15.4. The lowest BCUT2D eigenvalue weighted by molar-refractivity contribution is 0.780. The summed E-state index contributed by atoms with van der Waals surface area (Å²) in [5, 5.41) is 0.871. The molecule has 5 nitrogen and oxygen atoms in total. The highest BCUT2D eigenvalue weighted by molar-refractivity contribution is 6.01. The van der Waals surface area contributed by atoms with Crippen LogP contribution in [-0.2, 0) is 6.54 Å². The number of hydrogen-bond donors (Lipinski definition) is 0. The van der Waals surface area contributed by atoms with Crippen LogP contribution in [0.1, 0.15) is 11.4 Å². The van der Waals surface area contributed by atoms with Gasteiger partial charge in [0, 0.05) is 18.1 Å². The van der Waals surface area contributed by atoms with Crippen molar-refractivity contribution in [2.24, 2.45) is 0 Å². The quantitative estimate of drug-likeness (QED) is 0.483. The SMILES string of the molecule is Cc1nc2c3cccnc3n(-c3ccccc3)c(=O)c2n1Cc1ccccc1. The van der Waals surface area contributed by atoms with Gasteiger partial charge in [0.05, 0.1) is 5.69 Å². The molecule has 0 atom stereocenters. The largest absolute Gasteiger partial charge is 0.319 e. The first-order valence-electron chi connectivity index (χ1n) is 9.20. The number of imidazole rings is 1. The highest BCUT2D eigenvalue weighted by Crippen LogP contribution is 2.24. The van der Waals surface area contributed by atoms with Crippen LogP contribution in [0.15, 0.2) is 83.8 Å². The molecule has 0 unspecified atom stereocenters. The molecule has 0 amide bonds.